The lowest BCUT2D eigenvalue weighted by molar-refractivity contribution is -0.132. The van der Waals surface area contributed by atoms with Crippen LogP contribution in [0.25, 0.3) is 20.8 Å². The number of nitrogens with one attached hydrogen (secondary N) is 3. The van der Waals surface area contributed by atoms with Crippen LogP contribution in [-0.2, 0) is 16.1 Å². The predicted molar refractivity (Wildman–Crippen MR) is 181 cm³/mol. The van der Waals surface area contributed by atoms with Crippen LogP contribution >= 0.6 is 11.3 Å². The Labute approximate surface area is 281 Å². The van der Waals surface area contributed by atoms with Crippen LogP contribution in [0.15, 0.2) is 54.9 Å². The van der Waals surface area contributed by atoms with Crippen LogP contribution in [0.3, 0.4) is 0 Å². The van der Waals surface area contributed by atoms with Crippen molar-refractivity contribution in [2.24, 2.45) is 0 Å². The van der Waals surface area contributed by atoms with Crippen LogP contribution < -0.4 is 20.7 Å². The van der Waals surface area contributed by atoms with E-state index in [4.69, 9.17) is 14.5 Å². The Morgan fingerprint density at radius 2 is 1.79 bits per heavy atom. The summed E-state index contributed by atoms with van der Waals surface area (Å²) in [7, 11) is 0. The van der Waals surface area contributed by atoms with E-state index in [1.54, 1.807) is 44.0 Å². The predicted octanol–water partition coefficient (Wildman–Crippen LogP) is 5.74. The van der Waals surface area contributed by atoms with Gasteiger partial charge in [-0.15, -0.1) is 11.3 Å². The first kappa shape index (κ1) is 33.1. The third kappa shape index (κ3) is 8.75. The number of carbonyl (C=O) groups excluding carboxylic acids is 3. The molecule has 2 fully saturated rings. The monoisotopic (exact) mass is 675 g/mol. The van der Waals surface area contributed by atoms with Crippen LogP contribution in [-0.4, -0.2) is 82.2 Å². The van der Waals surface area contributed by atoms with Crippen molar-refractivity contribution in [1.82, 2.24) is 30.4 Å². The number of anilines is 1. The quantitative estimate of drug-likeness (QED) is 0.204. The normalized spacial score (nSPS) is 15.2. The van der Waals surface area contributed by atoms with Crippen LogP contribution in [0.5, 0.6) is 11.5 Å². The molecule has 252 valence electrons. The number of alkyl carbamates (subject to hydrolysis) is 1. The van der Waals surface area contributed by atoms with E-state index in [0.717, 1.165) is 33.7 Å². The highest BCUT2D eigenvalue weighted by atomic mass is 32.1. The number of pyridine rings is 2. The summed E-state index contributed by atoms with van der Waals surface area (Å²) in [5.74, 6) is -0.225. The number of amides is 4. The summed E-state index contributed by atoms with van der Waals surface area (Å²) in [5, 5.41) is 7.99. The van der Waals surface area contributed by atoms with Crippen molar-refractivity contribution in [3.63, 3.8) is 0 Å². The Kier molecular flexibility index (Phi) is 9.73. The first-order valence-corrected chi connectivity index (χ1v) is 16.7. The van der Waals surface area contributed by atoms with Gasteiger partial charge in [0.05, 0.1) is 20.8 Å². The highest BCUT2D eigenvalue weighted by molar-refractivity contribution is 7.22. The molecule has 48 heavy (non-hydrogen) atoms. The summed E-state index contributed by atoms with van der Waals surface area (Å²) >= 11 is 1.46. The SMILES string of the molecule is CC(C)(C)OC(=O)NCC(=O)N1CCN(Cc2ccc(-c3cc4nccc(Oc5ccc(NC(=O)NC6CC6)cc5F)c4s3)nc2)CC1. The van der Waals surface area contributed by atoms with E-state index in [9.17, 15) is 18.8 Å². The summed E-state index contributed by atoms with van der Waals surface area (Å²) in [6.45, 7) is 8.48. The fourth-order valence-corrected chi connectivity index (χ4v) is 6.17. The zero-order valence-electron chi connectivity index (χ0n) is 27.0. The molecule has 1 saturated heterocycles. The van der Waals surface area contributed by atoms with Gasteiger partial charge in [-0.1, -0.05) is 6.07 Å². The van der Waals surface area contributed by atoms with E-state index in [-0.39, 0.29) is 30.3 Å². The molecular formula is C34H38FN7O5S. The van der Waals surface area contributed by atoms with Crippen molar-refractivity contribution < 1.29 is 28.2 Å². The van der Waals surface area contributed by atoms with Gasteiger partial charge in [-0.25, -0.2) is 14.0 Å². The molecule has 0 bridgehead atoms. The van der Waals surface area contributed by atoms with Gasteiger partial charge in [-0.05, 0) is 63.4 Å². The van der Waals surface area contributed by atoms with Crippen LogP contribution in [0, 0.1) is 5.82 Å². The Morgan fingerprint density at radius 3 is 2.48 bits per heavy atom. The number of piperazine rings is 1. The van der Waals surface area contributed by atoms with E-state index in [1.807, 2.05) is 24.4 Å². The number of hydrogen-bond acceptors (Lipinski definition) is 9. The number of fused-ring (bicyclic) bond motifs is 1. The first-order chi connectivity index (χ1) is 23.0. The maximum atomic E-state index is 14.9. The van der Waals surface area contributed by atoms with E-state index in [0.29, 0.717) is 49.7 Å². The second-order valence-electron chi connectivity index (χ2n) is 12.8. The van der Waals surface area contributed by atoms with Gasteiger partial charge >= 0.3 is 12.1 Å². The number of rotatable bonds is 9. The average molecular weight is 676 g/mol. The molecule has 0 radical (unpaired) electrons. The molecule has 4 amide bonds. The van der Waals surface area contributed by atoms with Crippen LogP contribution in [0.2, 0.25) is 0 Å². The molecule has 0 unspecified atom stereocenters. The van der Waals surface area contributed by atoms with Gasteiger partial charge in [0.15, 0.2) is 11.6 Å². The van der Waals surface area contributed by atoms with Gasteiger partial charge in [0.1, 0.15) is 17.9 Å². The molecule has 3 N–H and O–H groups in total. The molecule has 12 nitrogen and oxygen atoms in total. The van der Waals surface area contributed by atoms with E-state index in [2.05, 4.69) is 25.8 Å². The third-order valence-electron chi connectivity index (χ3n) is 7.69. The van der Waals surface area contributed by atoms with Gasteiger partial charge < -0.3 is 30.3 Å². The summed E-state index contributed by atoms with van der Waals surface area (Å²) in [4.78, 5) is 50.5. The number of urea groups is 1. The minimum atomic E-state index is -0.620. The molecule has 0 atom stereocenters. The summed E-state index contributed by atoms with van der Waals surface area (Å²) < 4.78 is 26.9. The number of aromatic nitrogens is 2. The Bertz CT molecular complexity index is 1800. The standard InChI is InChI=1S/C34H38FN7O5S/c1-34(2,3)47-33(45)38-19-30(43)42-14-12-41(13-15-42)20-21-4-8-25(37-18-21)29-17-26-31(48-29)28(10-11-36-26)46-27-9-7-23(16-24(27)35)40-32(44)39-22-5-6-22/h4,7-11,16-18,22H,5-6,12-15,19-20H2,1-3H3,(H,38,45)(H2,39,40,44). The maximum Gasteiger partial charge on any atom is 0.408 e. The highest BCUT2D eigenvalue weighted by Gasteiger charge is 2.24. The van der Waals surface area contributed by atoms with E-state index in [1.165, 1.54) is 23.5 Å². The minimum absolute atomic E-state index is 0.0377. The Hall–Kier alpha value is -4.82. The molecule has 14 heteroatoms. The molecule has 0 spiro atoms. The lowest BCUT2D eigenvalue weighted by Crippen LogP contribution is -2.51. The van der Waals surface area contributed by atoms with Gasteiger partial charge in [0, 0.05) is 69.0 Å². The summed E-state index contributed by atoms with van der Waals surface area (Å²) in [6.07, 6.45) is 4.79. The number of hydrogen-bond donors (Lipinski definition) is 3. The first-order valence-electron chi connectivity index (χ1n) is 15.8. The van der Waals surface area contributed by atoms with Gasteiger partial charge in [-0.3, -0.25) is 19.7 Å². The largest absolute Gasteiger partial charge is 0.453 e. The fourth-order valence-electron chi connectivity index (χ4n) is 5.13. The molecule has 1 aromatic carbocycles. The maximum absolute atomic E-state index is 14.9. The number of carbonyl (C=O) groups is 3. The van der Waals surface area contributed by atoms with Crippen LogP contribution in [0.1, 0.15) is 39.2 Å². The molecule has 2 aliphatic rings. The topological polar surface area (TPSA) is 138 Å². The van der Waals surface area contributed by atoms with Crippen LogP contribution in [0.4, 0.5) is 19.7 Å². The zero-order valence-corrected chi connectivity index (χ0v) is 27.9. The second kappa shape index (κ2) is 14.1. The van der Waals surface area contributed by atoms with Gasteiger partial charge in [0.2, 0.25) is 5.91 Å². The number of ether oxygens (including phenoxy) is 2. The Balaban J connectivity index is 1.02. The smallest absolute Gasteiger partial charge is 0.408 e. The van der Waals surface area contributed by atoms with Crippen molar-refractivity contribution in [3.05, 3.63) is 66.2 Å². The number of nitrogens with zero attached hydrogens (tertiary/aromatic N) is 4. The second-order valence-corrected chi connectivity index (χ2v) is 13.9. The van der Waals surface area contributed by atoms with Crippen molar-refractivity contribution in [3.8, 4) is 22.1 Å². The molecule has 1 aliphatic heterocycles. The lowest BCUT2D eigenvalue weighted by Gasteiger charge is -2.34. The fraction of sp³-hybridized carbons (Fsp3) is 0.382. The minimum Gasteiger partial charge on any atom is -0.453 e. The molecule has 6 rings (SSSR count). The van der Waals surface area contributed by atoms with E-state index >= 15 is 0 Å². The Morgan fingerprint density at radius 1 is 1.00 bits per heavy atom. The number of benzene rings is 1. The highest BCUT2D eigenvalue weighted by Crippen LogP contribution is 2.39. The number of halogens is 1. The zero-order chi connectivity index (χ0) is 33.8. The van der Waals surface area contributed by atoms with Gasteiger partial charge in [0.25, 0.3) is 0 Å². The molecule has 4 heterocycles. The van der Waals surface area contributed by atoms with Crippen molar-refractivity contribution in [1.29, 1.82) is 0 Å². The lowest BCUT2D eigenvalue weighted by atomic mass is 10.2. The number of thiophene rings is 1. The molecule has 3 aromatic heterocycles. The van der Waals surface area contributed by atoms with E-state index < -0.39 is 17.5 Å². The molecule has 1 aliphatic carbocycles. The summed E-state index contributed by atoms with van der Waals surface area (Å²) in [6, 6.07) is 11.8. The molecular weight excluding hydrogens is 637 g/mol. The average Bonchev–Trinajstić information content (AvgIpc) is 3.74. The van der Waals surface area contributed by atoms with Crippen molar-refractivity contribution in [2.45, 2.75) is 51.8 Å². The molecule has 4 aromatic rings. The van der Waals surface area contributed by atoms with Crippen molar-refractivity contribution >= 4 is 45.3 Å². The van der Waals surface area contributed by atoms with Crippen molar-refractivity contribution in [2.75, 3.05) is 38.0 Å². The van der Waals surface area contributed by atoms with Gasteiger partial charge in [-0.2, -0.15) is 0 Å². The molecule has 1 saturated carbocycles. The third-order valence-corrected chi connectivity index (χ3v) is 8.85. The summed E-state index contributed by atoms with van der Waals surface area (Å²) in [5.41, 5.74) is 2.26.